The lowest BCUT2D eigenvalue weighted by Gasteiger charge is -2.08. The van der Waals surface area contributed by atoms with Gasteiger partial charge in [-0.25, -0.2) is 13.1 Å². The Morgan fingerprint density at radius 3 is 2.47 bits per heavy atom. The average Bonchev–Trinajstić information content (AvgIpc) is 2.18. The number of hydrogen-bond acceptors (Lipinski definition) is 2. The lowest BCUT2D eigenvalue weighted by molar-refractivity contribution is 0.584. The van der Waals surface area contributed by atoms with Crippen LogP contribution >= 0.6 is 0 Å². The molecule has 1 aromatic carbocycles. The third-order valence-corrected chi connectivity index (χ3v) is 3.89. The van der Waals surface area contributed by atoms with Crippen molar-refractivity contribution in [2.24, 2.45) is 0 Å². The molecule has 0 fully saturated rings. The molecule has 0 aliphatic carbocycles. The molecule has 84 valence electrons. The van der Waals surface area contributed by atoms with Gasteiger partial charge in [-0.2, -0.15) is 0 Å². The maximum Gasteiger partial charge on any atom is 0.240 e. The highest BCUT2D eigenvalue weighted by Crippen LogP contribution is 2.15. The third kappa shape index (κ3) is 2.79. The SMILES string of the molecule is CCNS(=O)(=O)c1ccc(C)c(CC)c1. The van der Waals surface area contributed by atoms with E-state index < -0.39 is 10.0 Å². The number of aryl methyl sites for hydroxylation is 2. The van der Waals surface area contributed by atoms with Crippen LogP contribution in [0.1, 0.15) is 25.0 Å². The topological polar surface area (TPSA) is 46.2 Å². The molecule has 1 aromatic rings. The van der Waals surface area contributed by atoms with Crippen molar-refractivity contribution in [2.75, 3.05) is 6.54 Å². The van der Waals surface area contributed by atoms with Crippen LogP contribution < -0.4 is 4.72 Å². The minimum atomic E-state index is -3.31. The summed E-state index contributed by atoms with van der Waals surface area (Å²) in [4.78, 5) is 0.354. The normalized spacial score (nSPS) is 11.7. The van der Waals surface area contributed by atoms with Crippen LogP contribution in [0.4, 0.5) is 0 Å². The monoisotopic (exact) mass is 227 g/mol. The Labute approximate surface area is 91.6 Å². The van der Waals surface area contributed by atoms with Crippen LogP contribution in [0.3, 0.4) is 0 Å². The molecule has 1 N–H and O–H groups in total. The number of benzene rings is 1. The summed E-state index contributed by atoms with van der Waals surface area (Å²) in [5, 5.41) is 0. The molecule has 0 aliphatic rings. The molecule has 0 atom stereocenters. The van der Waals surface area contributed by atoms with Crippen molar-refractivity contribution in [3.05, 3.63) is 29.3 Å². The van der Waals surface area contributed by atoms with Gasteiger partial charge in [0, 0.05) is 6.54 Å². The van der Waals surface area contributed by atoms with E-state index in [4.69, 9.17) is 0 Å². The van der Waals surface area contributed by atoms with E-state index in [0.29, 0.717) is 11.4 Å². The predicted molar refractivity (Wildman–Crippen MR) is 61.4 cm³/mol. The molecule has 0 saturated carbocycles. The molecule has 4 heteroatoms. The summed E-state index contributed by atoms with van der Waals surface area (Å²) in [5.74, 6) is 0. The quantitative estimate of drug-likeness (QED) is 0.853. The fourth-order valence-corrected chi connectivity index (χ4v) is 2.56. The van der Waals surface area contributed by atoms with Crippen molar-refractivity contribution < 1.29 is 8.42 Å². The molecular weight excluding hydrogens is 210 g/mol. The Kier molecular flexibility index (Phi) is 3.88. The van der Waals surface area contributed by atoms with Crippen molar-refractivity contribution in [3.63, 3.8) is 0 Å². The zero-order chi connectivity index (χ0) is 11.5. The predicted octanol–water partition coefficient (Wildman–Crippen LogP) is 1.86. The van der Waals surface area contributed by atoms with Gasteiger partial charge >= 0.3 is 0 Å². The molecule has 3 nitrogen and oxygen atoms in total. The van der Waals surface area contributed by atoms with Crippen LogP contribution in [0.25, 0.3) is 0 Å². The maximum absolute atomic E-state index is 11.7. The first-order valence-corrected chi connectivity index (χ1v) is 6.58. The summed E-state index contributed by atoms with van der Waals surface area (Å²) < 4.78 is 25.9. The van der Waals surface area contributed by atoms with E-state index in [1.807, 2.05) is 19.9 Å². The second-order valence-corrected chi connectivity index (χ2v) is 5.21. The van der Waals surface area contributed by atoms with Gasteiger partial charge in [-0.05, 0) is 36.6 Å². The molecule has 0 amide bonds. The van der Waals surface area contributed by atoms with Crippen molar-refractivity contribution in [1.29, 1.82) is 0 Å². The van der Waals surface area contributed by atoms with Gasteiger partial charge in [0.25, 0.3) is 0 Å². The summed E-state index contributed by atoms with van der Waals surface area (Å²) in [6.45, 7) is 6.19. The van der Waals surface area contributed by atoms with E-state index in [1.54, 1.807) is 19.1 Å². The largest absolute Gasteiger partial charge is 0.240 e. The lowest BCUT2D eigenvalue weighted by Crippen LogP contribution is -2.23. The zero-order valence-electron chi connectivity index (χ0n) is 9.37. The Hall–Kier alpha value is -0.870. The summed E-state index contributed by atoms with van der Waals surface area (Å²) in [6.07, 6.45) is 0.849. The Morgan fingerprint density at radius 1 is 1.27 bits per heavy atom. The van der Waals surface area contributed by atoms with Gasteiger partial charge in [0.2, 0.25) is 10.0 Å². The van der Waals surface area contributed by atoms with E-state index in [9.17, 15) is 8.42 Å². The van der Waals surface area contributed by atoms with Crippen LogP contribution in [-0.4, -0.2) is 15.0 Å². The van der Waals surface area contributed by atoms with E-state index in [0.717, 1.165) is 17.5 Å². The van der Waals surface area contributed by atoms with E-state index in [1.165, 1.54) is 0 Å². The van der Waals surface area contributed by atoms with Crippen LogP contribution in [0, 0.1) is 6.92 Å². The van der Waals surface area contributed by atoms with Crippen LogP contribution in [0.5, 0.6) is 0 Å². The van der Waals surface area contributed by atoms with Crippen LogP contribution in [-0.2, 0) is 16.4 Å². The molecule has 0 unspecified atom stereocenters. The van der Waals surface area contributed by atoms with E-state index in [-0.39, 0.29) is 0 Å². The van der Waals surface area contributed by atoms with Gasteiger partial charge in [0.15, 0.2) is 0 Å². The smallest absolute Gasteiger partial charge is 0.211 e. The number of nitrogens with one attached hydrogen (secondary N) is 1. The first-order chi connectivity index (χ1) is 7.01. The van der Waals surface area contributed by atoms with Gasteiger partial charge in [-0.1, -0.05) is 19.9 Å². The van der Waals surface area contributed by atoms with Gasteiger partial charge in [0.1, 0.15) is 0 Å². The highest BCUT2D eigenvalue weighted by molar-refractivity contribution is 7.89. The van der Waals surface area contributed by atoms with Crippen LogP contribution in [0.15, 0.2) is 23.1 Å². The van der Waals surface area contributed by atoms with Crippen molar-refractivity contribution in [1.82, 2.24) is 4.72 Å². The molecule has 0 saturated heterocycles. The van der Waals surface area contributed by atoms with Gasteiger partial charge in [-0.15, -0.1) is 0 Å². The maximum atomic E-state index is 11.7. The number of hydrogen-bond donors (Lipinski definition) is 1. The van der Waals surface area contributed by atoms with Gasteiger partial charge in [0.05, 0.1) is 4.90 Å². The molecule has 15 heavy (non-hydrogen) atoms. The van der Waals surface area contributed by atoms with E-state index in [2.05, 4.69) is 4.72 Å². The van der Waals surface area contributed by atoms with Gasteiger partial charge in [-0.3, -0.25) is 0 Å². The fourth-order valence-electron chi connectivity index (χ4n) is 1.47. The number of sulfonamides is 1. The highest BCUT2D eigenvalue weighted by Gasteiger charge is 2.13. The summed E-state index contributed by atoms with van der Waals surface area (Å²) >= 11 is 0. The van der Waals surface area contributed by atoms with Crippen molar-refractivity contribution in [3.8, 4) is 0 Å². The Bertz CT molecular complexity index is 438. The van der Waals surface area contributed by atoms with E-state index >= 15 is 0 Å². The first kappa shape index (κ1) is 12.2. The third-order valence-electron chi connectivity index (χ3n) is 2.35. The molecule has 1 rings (SSSR count). The Balaban J connectivity index is 3.17. The van der Waals surface area contributed by atoms with Gasteiger partial charge < -0.3 is 0 Å². The molecule has 0 heterocycles. The fraction of sp³-hybridized carbons (Fsp3) is 0.455. The minimum absolute atomic E-state index is 0.354. The molecule has 0 aromatic heterocycles. The lowest BCUT2D eigenvalue weighted by atomic mass is 10.1. The molecule has 0 bridgehead atoms. The average molecular weight is 227 g/mol. The molecule has 0 aliphatic heterocycles. The first-order valence-electron chi connectivity index (χ1n) is 5.10. The highest BCUT2D eigenvalue weighted by atomic mass is 32.2. The van der Waals surface area contributed by atoms with Crippen molar-refractivity contribution in [2.45, 2.75) is 32.1 Å². The molecule has 0 radical (unpaired) electrons. The summed E-state index contributed by atoms with van der Waals surface area (Å²) in [5.41, 5.74) is 2.21. The van der Waals surface area contributed by atoms with Crippen LogP contribution in [0.2, 0.25) is 0 Å². The standard InChI is InChI=1S/C11H17NO2S/c1-4-10-8-11(7-6-9(10)3)15(13,14)12-5-2/h6-8,12H,4-5H2,1-3H3. The van der Waals surface area contributed by atoms with Crippen molar-refractivity contribution >= 4 is 10.0 Å². The summed E-state index contributed by atoms with van der Waals surface area (Å²) in [7, 11) is -3.31. The number of rotatable bonds is 4. The summed E-state index contributed by atoms with van der Waals surface area (Å²) in [6, 6.07) is 5.24. The second-order valence-electron chi connectivity index (χ2n) is 3.44. The second kappa shape index (κ2) is 4.77. The zero-order valence-corrected chi connectivity index (χ0v) is 10.2. The minimum Gasteiger partial charge on any atom is -0.211 e. The molecular formula is C11H17NO2S. The Morgan fingerprint density at radius 2 is 1.93 bits per heavy atom. The molecule has 0 spiro atoms.